The minimum absolute atomic E-state index is 0.00234. The molecule has 0 aliphatic carbocycles. The molecule has 10 nitrogen and oxygen atoms in total. The van der Waals surface area contributed by atoms with E-state index < -0.39 is 24.2 Å². The molecule has 0 radical (unpaired) electrons. The average molecular weight is 516 g/mol. The van der Waals surface area contributed by atoms with Gasteiger partial charge in [0.2, 0.25) is 12.5 Å². The van der Waals surface area contributed by atoms with Crippen molar-refractivity contribution in [1.82, 2.24) is 4.90 Å². The Labute approximate surface area is 215 Å². The number of esters is 1. The van der Waals surface area contributed by atoms with Crippen molar-refractivity contribution >= 4 is 5.97 Å². The van der Waals surface area contributed by atoms with E-state index in [9.17, 15) is 9.90 Å². The van der Waals surface area contributed by atoms with Crippen LogP contribution in [0.1, 0.15) is 53.0 Å². The smallest absolute Gasteiger partial charge is 0.343 e. The zero-order valence-electron chi connectivity index (χ0n) is 21.7. The van der Waals surface area contributed by atoms with Gasteiger partial charge in [0.25, 0.3) is 0 Å². The summed E-state index contributed by atoms with van der Waals surface area (Å²) >= 11 is 0. The molecule has 10 heteroatoms. The number of benzene rings is 2. The van der Waals surface area contributed by atoms with E-state index in [2.05, 4.69) is 4.90 Å². The van der Waals surface area contributed by atoms with Gasteiger partial charge < -0.3 is 38.3 Å². The molecule has 0 saturated carbocycles. The van der Waals surface area contributed by atoms with Crippen LogP contribution in [0.2, 0.25) is 0 Å². The fourth-order valence-electron chi connectivity index (χ4n) is 5.43. The first kappa shape index (κ1) is 25.4. The monoisotopic (exact) mass is 515 g/mol. The zero-order chi connectivity index (χ0) is 26.3. The molecule has 0 fully saturated rings. The van der Waals surface area contributed by atoms with E-state index >= 15 is 0 Å². The molecule has 0 saturated heterocycles. The Morgan fingerprint density at radius 2 is 1.89 bits per heavy atom. The lowest BCUT2D eigenvalue weighted by Gasteiger charge is -2.41. The Balaban J connectivity index is 1.62. The number of fused-ring (bicyclic) bond motifs is 3. The van der Waals surface area contributed by atoms with Gasteiger partial charge in [-0.2, -0.15) is 0 Å². The second kappa shape index (κ2) is 10.3. The molecule has 3 aliphatic heterocycles. The standard InChI is InChI=1S/C27H33NO9/c1-14(2)34-12-16(29)11-28-9-8-15-10-19-25(36-13-35-19)26(33-5)20(15)22(28)23-17-6-7-18(31-3)24(32-4)21(17)27(30)37-23/h6-7,10,14,16,22-23,29H,8-9,11-13H2,1-5H3/t16?,22-,23?/m1/s1. The molecule has 200 valence electrons. The maximum atomic E-state index is 13.2. The molecule has 2 aromatic rings. The molecule has 2 aromatic carbocycles. The second-order valence-electron chi connectivity index (χ2n) is 9.53. The van der Waals surface area contributed by atoms with Gasteiger partial charge in [0, 0.05) is 24.2 Å². The highest BCUT2D eigenvalue weighted by molar-refractivity contribution is 5.98. The lowest BCUT2D eigenvalue weighted by Crippen LogP contribution is -2.44. The van der Waals surface area contributed by atoms with E-state index in [0.717, 1.165) is 11.1 Å². The number of rotatable bonds is 9. The quantitative estimate of drug-likeness (QED) is 0.501. The van der Waals surface area contributed by atoms with Crippen LogP contribution in [0.25, 0.3) is 0 Å². The molecule has 2 unspecified atom stereocenters. The minimum atomic E-state index is -0.742. The van der Waals surface area contributed by atoms with Crippen molar-refractivity contribution in [3.05, 3.63) is 40.5 Å². The molecule has 0 spiro atoms. The minimum Gasteiger partial charge on any atom is -0.493 e. The van der Waals surface area contributed by atoms with Crippen molar-refractivity contribution in [3.63, 3.8) is 0 Å². The molecule has 3 aliphatic rings. The Morgan fingerprint density at radius 1 is 1.11 bits per heavy atom. The summed E-state index contributed by atoms with van der Waals surface area (Å²) in [4.78, 5) is 15.3. The predicted octanol–water partition coefficient (Wildman–Crippen LogP) is 3.04. The topological polar surface area (TPSA) is 105 Å². The van der Waals surface area contributed by atoms with Crippen molar-refractivity contribution in [2.75, 3.05) is 47.8 Å². The number of aliphatic hydroxyl groups excluding tert-OH is 1. The van der Waals surface area contributed by atoms with Gasteiger partial charge in [-0.15, -0.1) is 0 Å². The van der Waals surface area contributed by atoms with E-state index in [1.54, 1.807) is 13.2 Å². The van der Waals surface area contributed by atoms with Crippen LogP contribution in [0.3, 0.4) is 0 Å². The van der Waals surface area contributed by atoms with Crippen LogP contribution in [0.4, 0.5) is 0 Å². The van der Waals surface area contributed by atoms with Gasteiger partial charge in [-0.25, -0.2) is 4.79 Å². The fourth-order valence-corrected chi connectivity index (χ4v) is 5.43. The lowest BCUT2D eigenvalue weighted by atomic mass is 9.85. The normalized spacial score (nSPS) is 20.9. The highest BCUT2D eigenvalue weighted by Crippen LogP contribution is 2.55. The van der Waals surface area contributed by atoms with Gasteiger partial charge >= 0.3 is 5.97 Å². The third kappa shape index (κ3) is 4.43. The maximum Gasteiger partial charge on any atom is 0.343 e. The number of ether oxygens (including phenoxy) is 7. The molecule has 0 amide bonds. The number of cyclic esters (lactones) is 1. The molecule has 3 heterocycles. The van der Waals surface area contributed by atoms with E-state index in [1.165, 1.54) is 14.2 Å². The molecule has 1 N–H and O–H groups in total. The van der Waals surface area contributed by atoms with E-state index in [0.29, 0.717) is 59.4 Å². The van der Waals surface area contributed by atoms with E-state index in [1.807, 2.05) is 26.0 Å². The van der Waals surface area contributed by atoms with Gasteiger partial charge in [0.1, 0.15) is 11.7 Å². The van der Waals surface area contributed by atoms with Crippen LogP contribution >= 0.6 is 0 Å². The number of aliphatic hydroxyl groups is 1. The van der Waals surface area contributed by atoms with Crippen LogP contribution in [-0.2, 0) is 15.9 Å². The summed E-state index contributed by atoms with van der Waals surface area (Å²) in [6, 6.07) is 5.10. The Kier molecular flexibility index (Phi) is 7.06. The summed E-state index contributed by atoms with van der Waals surface area (Å²) in [7, 11) is 4.60. The Morgan fingerprint density at radius 3 is 2.59 bits per heavy atom. The Hall–Kier alpha value is -3.21. The van der Waals surface area contributed by atoms with Crippen molar-refractivity contribution in [2.45, 2.75) is 44.6 Å². The number of methoxy groups -OCH3 is 3. The first-order valence-electron chi connectivity index (χ1n) is 12.4. The van der Waals surface area contributed by atoms with Gasteiger partial charge in [0.15, 0.2) is 23.0 Å². The number of carbonyl (C=O) groups is 1. The average Bonchev–Trinajstić information content (AvgIpc) is 3.49. The van der Waals surface area contributed by atoms with Gasteiger partial charge in [-0.05, 0) is 38.0 Å². The summed E-state index contributed by atoms with van der Waals surface area (Å²) in [6.07, 6.45) is -0.740. The van der Waals surface area contributed by atoms with Crippen LogP contribution in [0, 0.1) is 0 Å². The van der Waals surface area contributed by atoms with Crippen LogP contribution < -0.4 is 23.7 Å². The number of β-amino-alcohol motifs (C(OH)–C–C–N with tert-alkyl or cyclic N) is 1. The number of hydrogen-bond acceptors (Lipinski definition) is 10. The molecule has 37 heavy (non-hydrogen) atoms. The second-order valence-corrected chi connectivity index (χ2v) is 9.53. The van der Waals surface area contributed by atoms with Crippen molar-refractivity contribution in [1.29, 1.82) is 0 Å². The van der Waals surface area contributed by atoms with Crippen molar-refractivity contribution in [3.8, 4) is 28.7 Å². The third-order valence-corrected chi connectivity index (χ3v) is 6.98. The van der Waals surface area contributed by atoms with Gasteiger partial charge in [0.05, 0.1) is 46.2 Å². The van der Waals surface area contributed by atoms with Crippen LogP contribution in [-0.4, -0.2) is 76.0 Å². The summed E-state index contributed by atoms with van der Waals surface area (Å²) in [5.41, 5.74) is 2.87. The Bertz CT molecular complexity index is 1180. The molecule has 0 bridgehead atoms. The largest absolute Gasteiger partial charge is 0.493 e. The van der Waals surface area contributed by atoms with E-state index in [4.69, 9.17) is 33.2 Å². The van der Waals surface area contributed by atoms with Crippen molar-refractivity contribution in [2.24, 2.45) is 0 Å². The molecule has 3 atom stereocenters. The highest BCUT2D eigenvalue weighted by Gasteiger charge is 2.47. The predicted molar refractivity (Wildman–Crippen MR) is 132 cm³/mol. The summed E-state index contributed by atoms with van der Waals surface area (Å²) in [5, 5.41) is 10.9. The molecule has 5 rings (SSSR count). The van der Waals surface area contributed by atoms with Crippen molar-refractivity contribution < 1.29 is 43.1 Å². The van der Waals surface area contributed by atoms with Crippen LogP contribution in [0.15, 0.2) is 18.2 Å². The first-order chi connectivity index (χ1) is 17.9. The summed E-state index contributed by atoms with van der Waals surface area (Å²) in [6.45, 7) is 5.08. The zero-order valence-corrected chi connectivity index (χ0v) is 21.7. The van der Waals surface area contributed by atoms with Gasteiger partial charge in [-0.3, -0.25) is 4.90 Å². The van der Waals surface area contributed by atoms with Gasteiger partial charge in [-0.1, -0.05) is 6.07 Å². The van der Waals surface area contributed by atoms with Crippen LogP contribution in [0.5, 0.6) is 28.7 Å². The number of carbonyl (C=O) groups excluding carboxylic acids is 1. The number of hydrogen-bond donors (Lipinski definition) is 1. The summed E-state index contributed by atoms with van der Waals surface area (Å²) < 4.78 is 39.9. The highest BCUT2D eigenvalue weighted by atomic mass is 16.7. The molecule has 0 aromatic heterocycles. The molecular formula is C27H33NO9. The SMILES string of the molecule is COc1ccc2c(c1OC)C(=O)OC2[C@H]1c2c(cc3c(c2OC)OCO3)CCN1CC(O)COC(C)C. The lowest BCUT2D eigenvalue weighted by molar-refractivity contribution is -0.0363. The third-order valence-electron chi connectivity index (χ3n) is 6.98. The first-order valence-corrected chi connectivity index (χ1v) is 12.4. The fraction of sp³-hybridized carbons (Fsp3) is 0.519. The number of nitrogens with zero attached hydrogens (tertiary/aromatic N) is 1. The summed E-state index contributed by atoms with van der Waals surface area (Å²) in [5.74, 6) is 1.97. The molecular weight excluding hydrogens is 482 g/mol. The maximum absolute atomic E-state index is 13.2. The van der Waals surface area contributed by atoms with E-state index in [-0.39, 0.29) is 19.5 Å².